The summed E-state index contributed by atoms with van der Waals surface area (Å²) in [5.41, 5.74) is 8.87. The van der Waals surface area contributed by atoms with Crippen molar-refractivity contribution >= 4 is 27.3 Å². The van der Waals surface area contributed by atoms with Crippen LogP contribution in [0.1, 0.15) is 13.8 Å². The summed E-state index contributed by atoms with van der Waals surface area (Å²) in [5.74, 6) is -0.659. The number of hydrogen-bond acceptors (Lipinski definition) is 6. The first-order chi connectivity index (χ1) is 9.47. The van der Waals surface area contributed by atoms with Crippen molar-refractivity contribution in [2.45, 2.75) is 18.7 Å². The van der Waals surface area contributed by atoms with Crippen molar-refractivity contribution in [2.75, 3.05) is 12.3 Å². The smallest absolute Gasteiger partial charge is 0.292 e. The van der Waals surface area contributed by atoms with Crippen LogP contribution in [0.5, 0.6) is 0 Å². The predicted molar refractivity (Wildman–Crippen MR) is 75.7 cm³/mol. The van der Waals surface area contributed by atoms with Crippen LogP contribution >= 0.6 is 0 Å². The summed E-state index contributed by atoms with van der Waals surface area (Å²) in [4.78, 5) is 20.8. The number of nitrogens with two attached hydrogens (primary N) is 2. The number of nitro groups is 1. The van der Waals surface area contributed by atoms with Gasteiger partial charge in [-0.3, -0.25) is 14.9 Å². The van der Waals surface area contributed by atoms with Gasteiger partial charge in [0.25, 0.3) is 5.69 Å². The van der Waals surface area contributed by atoms with Crippen LogP contribution in [0.25, 0.3) is 0 Å². The van der Waals surface area contributed by atoms with E-state index in [0.29, 0.717) is 0 Å². The zero-order valence-electron chi connectivity index (χ0n) is 11.5. The molecule has 0 bridgehead atoms. The maximum Gasteiger partial charge on any atom is 0.292 e. The first-order valence-corrected chi connectivity index (χ1v) is 7.29. The van der Waals surface area contributed by atoms with Gasteiger partial charge in [0.1, 0.15) is 5.69 Å². The molecule has 0 heterocycles. The van der Waals surface area contributed by atoms with Gasteiger partial charge in [-0.15, -0.1) is 0 Å². The van der Waals surface area contributed by atoms with Crippen molar-refractivity contribution in [2.24, 2.45) is 11.1 Å². The lowest BCUT2D eigenvalue weighted by atomic mass is 9.93. The fourth-order valence-corrected chi connectivity index (χ4v) is 2.56. The minimum atomic E-state index is -3.95. The maximum absolute atomic E-state index is 12.0. The van der Waals surface area contributed by atoms with Crippen molar-refractivity contribution in [3.63, 3.8) is 0 Å². The third-order valence-corrected chi connectivity index (χ3v) is 4.28. The van der Waals surface area contributed by atoms with Crippen molar-refractivity contribution in [3.8, 4) is 0 Å². The van der Waals surface area contributed by atoms with Crippen molar-refractivity contribution in [1.29, 1.82) is 0 Å². The minimum absolute atomic E-state index is 0.207. The minimum Gasteiger partial charge on any atom is -0.393 e. The number of hydrogen-bond donors (Lipinski definition) is 3. The second-order valence-corrected chi connectivity index (χ2v) is 6.82. The Kier molecular flexibility index (Phi) is 4.54. The van der Waals surface area contributed by atoms with Gasteiger partial charge in [-0.2, -0.15) is 0 Å². The number of rotatable bonds is 6. The molecular formula is C11H16N4O5S. The number of nitro benzene ring substituents is 1. The maximum atomic E-state index is 12.0. The van der Waals surface area contributed by atoms with Gasteiger partial charge in [0, 0.05) is 12.6 Å². The van der Waals surface area contributed by atoms with Gasteiger partial charge < -0.3 is 11.5 Å². The molecule has 0 unspecified atom stereocenters. The molecule has 5 N–H and O–H groups in total. The fourth-order valence-electron chi connectivity index (χ4n) is 1.31. The molecule has 0 atom stereocenters. The van der Waals surface area contributed by atoms with Crippen LogP contribution in [0.2, 0.25) is 0 Å². The molecular weight excluding hydrogens is 300 g/mol. The summed E-state index contributed by atoms with van der Waals surface area (Å²) in [6.45, 7) is 2.77. The Bertz CT molecular complexity index is 684. The van der Waals surface area contributed by atoms with E-state index < -0.39 is 26.3 Å². The van der Waals surface area contributed by atoms with E-state index in [1.165, 1.54) is 13.8 Å². The highest BCUT2D eigenvalue weighted by Gasteiger charge is 2.28. The molecule has 0 fully saturated rings. The molecule has 1 amide bonds. The second-order valence-electron chi connectivity index (χ2n) is 5.05. The Morgan fingerprint density at radius 3 is 2.43 bits per heavy atom. The van der Waals surface area contributed by atoms with Gasteiger partial charge in [0.2, 0.25) is 15.9 Å². The lowest BCUT2D eigenvalue weighted by Gasteiger charge is -2.20. The van der Waals surface area contributed by atoms with E-state index in [2.05, 4.69) is 4.72 Å². The quantitative estimate of drug-likeness (QED) is 0.379. The Balaban J connectivity index is 3.02. The van der Waals surface area contributed by atoms with Gasteiger partial charge in [0.05, 0.1) is 15.2 Å². The Morgan fingerprint density at radius 2 is 2.00 bits per heavy atom. The molecule has 1 aromatic rings. The monoisotopic (exact) mass is 316 g/mol. The summed E-state index contributed by atoms with van der Waals surface area (Å²) < 4.78 is 26.3. The molecule has 0 spiro atoms. The third-order valence-electron chi connectivity index (χ3n) is 2.88. The van der Waals surface area contributed by atoms with Gasteiger partial charge in [-0.25, -0.2) is 13.1 Å². The standard InChI is InChI=1S/C11H16N4O5S/c1-11(2,10(13)16)6-14-21(19,20)7-3-4-9(15(17)18)8(12)5-7/h3-5,14H,6,12H2,1-2H3,(H2,13,16). The van der Waals surface area contributed by atoms with Crippen LogP contribution in [-0.4, -0.2) is 25.8 Å². The van der Waals surface area contributed by atoms with Gasteiger partial charge in [-0.05, 0) is 26.0 Å². The molecule has 0 saturated heterocycles. The summed E-state index contributed by atoms with van der Waals surface area (Å²) in [6.07, 6.45) is 0. The summed E-state index contributed by atoms with van der Waals surface area (Å²) in [6, 6.07) is 3.05. The van der Waals surface area contributed by atoms with Gasteiger partial charge in [-0.1, -0.05) is 0 Å². The molecule has 0 aliphatic rings. The molecule has 0 aliphatic heterocycles. The third kappa shape index (κ3) is 3.89. The number of carbonyl (C=O) groups is 1. The lowest BCUT2D eigenvalue weighted by Crippen LogP contribution is -2.42. The average Bonchev–Trinajstić information content (AvgIpc) is 2.36. The Labute approximate surface area is 121 Å². The van der Waals surface area contributed by atoms with Gasteiger partial charge in [0.15, 0.2) is 0 Å². The number of primary amides is 1. The topological polar surface area (TPSA) is 158 Å². The molecule has 0 aromatic heterocycles. The zero-order chi connectivity index (χ0) is 16.4. The highest BCUT2D eigenvalue weighted by molar-refractivity contribution is 7.89. The van der Waals surface area contributed by atoms with Crippen LogP contribution in [0.3, 0.4) is 0 Å². The average molecular weight is 316 g/mol. The Hall–Kier alpha value is -2.20. The largest absolute Gasteiger partial charge is 0.393 e. The van der Waals surface area contributed by atoms with E-state index in [9.17, 15) is 23.3 Å². The summed E-state index contributed by atoms with van der Waals surface area (Å²) >= 11 is 0. The van der Waals surface area contributed by atoms with E-state index in [0.717, 1.165) is 18.2 Å². The lowest BCUT2D eigenvalue weighted by molar-refractivity contribution is -0.383. The van der Waals surface area contributed by atoms with E-state index in [1.807, 2.05) is 0 Å². The predicted octanol–water partition coefficient (Wildman–Crippen LogP) is -0.0332. The second kappa shape index (κ2) is 5.66. The molecule has 1 aromatic carbocycles. The van der Waals surface area contributed by atoms with E-state index >= 15 is 0 Å². The number of nitrogens with zero attached hydrogens (tertiary/aromatic N) is 1. The summed E-state index contributed by atoms with van der Waals surface area (Å²) in [7, 11) is -3.95. The number of nitrogen functional groups attached to an aromatic ring is 1. The Morgan fingerprint density at radius 1 is 1.43 bits per heavy atom. The first-order valence-electron chi connectivity index (χ1n) is 5.81. The number of amides is 1. The summed E-state index contributed by atoms with van der Waals surface area (Å²) in [5, 5.41) is 10.6. The molecule has 0 aliphatic carbocycles. The molecule has 21 heavy (non-hydrogen) atoms. The van der Waals surface area contributed by atoms with Crippen molar-refractivity contribution in [3.05, 3.63) is 28.3 Å². The molecule has 116 valence electrons. The van der Waals surface area contributed by atoms with Crippen LogP contribution < -0.4 is 16.2 Å². The van der Waals surface area contributed by atoms with Crippen LogP contribution in [-0.2, 0) is 14.8 Å². The molecule has 9 nitrogen and oxygen atoms in total. The van der Waals surface area contributed by atoms with E-state index in [-0.39, 0.29) is 22.8 Å². The highest BCUT2D eigenvalue weighted by Crippen LogP contribution is 2.24. The molecule has 0 radical (unpaired) electrons. The number of sulfonamides is 1. The normalized spacial score (nSPS) is 12.1. The van der Waals surface area contributed by atoms with E-state index in [1.54, 1.807) is 0 Å². The fraction of sp³-hybridized carbons (Fsp3) is 0.364. The van der Waals surface area contributed by atoms with Crippen LogP contribution in [0.4, 0.5) is 11.4 Å². The molecule has 0 saturated carbocycles. The van der Waals surface area contributed by atoms with Gasteiger partial charge >= 0.3 is 0 Å². The number of carbonyl (C=O) groups excluding carboxylic acids is 1. The van der Waals surface area contributed by atoms with Crippen molar-refractivity contribution in [1.82, 2.24) is 4.72 Å². The SMILES string of the molecule is CC(C)(CNS(=O)(=O)c1ccc([N+](=O)[O-])c(N)c1)C(N)=O. The van der Waals surface area contributed by atoms with Crippen LogP contribution in [0.15, 0.2) is 23.1 Å². The number of nitrogens with one attached hydrogen (secondary N) is 1. The van der Waals surface area contributed by atoms with E-state index in [4.69, 9.17) is 11.5 Å². The first kappa shape index (κ1) is 16.9. The van der Waals surface area contributed by atoms with Crippen molar-refractivity contribution < 1.29 is 18.1 Å². The zero-order valence-corrected chi connectivity index (χ0v) is 12.3. The molecule has 10 heteroatoms. The number of benzene rings is 1. The number of anilines is 1. The van der Waals surface area contributed by atoms with Crippen LogP contribution in [0, 0.1) is 15.5 Å². The highest BCUT2D eigenvalue weighted by atomic mass is 32.2. The molecule has 1 rings (SSSR count).